The van der Waals surface area contributed by atoms with E-state index < -0.39 is 0 Å². The normalized spacial score (nSPS) is 13.4. The van der Waals surface area contributed by atoms with E-state index in [9.17, 15) is 4.79 Å². The van der Waals surface area contributed by atoms with Gasteiger partial charge in [-0.1, -0.05) is 6.07 Å². The fourth-order valence-corrected chi connectivity index (χ4v) is 2.46. The van der Waals surface area contributed by atoms with Crippen molar-refractivity contribution in [2.75, 3.05) is 33.4 Å². The number of hydrogen-bond acceptors (Lipinski definition) is 3. The quantitative estimate of drug-likeness (QED) is 0.755. The molecule has 0 heterocycles. The van der Waals surface area contributed by atoms with Crippen molar-refractivity contribution in [3.63, 3.8) is 0 Å². The van der Waals surface area contributed by atoms with Crippen molar-refractivity contribution in [2.45, 2.75) is 25.7 Å². The van der Waals surface area contributed by atoms with Crippen LogP contribution >= 0.6 is 0 Å². The minimum Gasteiger partial charge on any atom is -0.492 e. The molecule has 2 N–H and O–H groups in total. The summed E-state index contributed by atoms with van der Waals surface area (Å²) in [7, 11) is 1.60. The average Bonchev–Trinajstić information content (AvgIpc) is 2.52. The Morgan fingerprint density at radius 2 is 1.81 bits per heavy atom. The first kappa shape index (κ1) is 15.6. The number of amides is 2. The zero-order chi connectivity index (χ0) is 14.9. The summed E-state index contributed by atoms with van der Waals surface area (Å²) < 4.78 is 10.5. The Hall–Kier alpha value is -1.75. The SMILES string of the molecule is COCCNC(=O)NCCOc1ccc2c(c1)CCCC2. The molecule has 0 spiro atoms. The Kier molecular flexibility index (Phi) is 6.34. The van der Waals surface area contributed by atoms with Crippen molar-refractivity contribution in [3.8, 4) is 5.75 Å². The summed E-state index contributed by atoms with van der Waals surface area (Å²) in [6.45, 7) is 1.97. The predicted octanol–water partition coefficient (Wildman–Crippen LogP) is 1.89. The molecule has 116 valence electrons. The zero-order valence-corrected chi connectivity index (χ0v) is 12.6. The Bertz CT molecular complexity index is 463. The van der Waals surface area contributed by atoms with Crippen LogP contribution in [0.1, 0.15) is 24.0 Å². The van der Waals surface area contributed by atoms with Gasteiger partial charge in [0.1, 0.15) is 12.4 Å². The van der Waals surface area contributed by atoms with Crippen LogP contribution in [-0.2, 0) is 17.6 Å². The van der Waals surface area contributed by atoms with E-state index >= 15 is 0 Å². The first-order valence-electron chi connectivity index (χ1n) is 7.55. The highest BCUT2D eigenvalue weighted by atomic mass is 16.5. The standard InChI is InChI=1S/C16H24N2O3/c1-20-10-8-17-16(19)18-9-11-21-15-7-6-13-4-2-3-5-14(13)12-15/h6-7,12H,2-5,8-11H2,1H3,(H2,17,18,19). The van der Waals surface area contributed by atoms with E-state index in [-0.39, 0.29) is 6.03 Å². The third-order valence-corrected chi connectivity index (χ3v) is 3.57. The number of urea groups is 1. The third kappa shape index (κ3) is 5.27. The third-order valence-electron chi connectivity index (χ3n) is 3.57. The number of methoxy groups -OCH3 is 1. The highest BCUT2D eigenvalue weighted by Gasteiger charge is 2.09. The smallest absolute Gasteiger partial charge is 0.314 e. The molecule has 2 rings (SSSR count). The van der Waals surface area contributed by atoms with Crippen LogP contribution in [0.5, 0.6) is 5.75 Å². The van der Waals surface area contributed by atoms with Crippen LogP contribution in [-0.4, -0.2) is 39.4 Å². The monoisotopic (exact) mass is 292 g/mol. The number of benzene rings is 1. The lowest BCUT2D eigenvalue weighted by atomic mass is 9.92. The molecule has 0 fully saturated rings. The number of aryl methyl sites for hydroxylation is 2. The van der Waals surface area contributed by atoms with Gasteiger partial charge in [0.25, 0.3) is 0 Å². The lowest BCUT2D eigenvalue weighted by Gasteiger charge is -2.17. The molecular formula is C16H24N2O3. The maximum absolute atomic E-state index is 11.4. The highest BCUT2D eigenvalue weighted by molar-refractivity contribution is 5.73. The van der Waals surface area contributed by atoms with E-state index in [1.54, 1.807) is 7.11 Å². The zero-order valence-electron chi connectivity index (χ0n) is 12.6. The molecule has 0 atom stereocenters. The Balaban J connectivity index is 1.65. The number of hydrogen-bond donors (Lipinski definition) is 2. The van der Waals surface area contributed by atoms with E-state index in [0.717, 1.165) is 12.2 Å². The molecule has 0 aliphatic heterocycles. The molecule has 0 bridgehead atoms. The van der Waals surface area contributed by atoms with Gasteiger partial charge >= 0.3 is 6.03 Å². The molecular weight excluding hydrogens is 268 g/mol. The minimum absolute atomic E-state index is 0.193. The van der Waals surface area contributed by atoms with Gasteiger partial charge in [-0.15, -0.1) is 0 Å². The predicted molar refractivity (Wildman–Crippen MR) is 81.9 cm³/mol. The van der Waals surface area contributed by atoms with Crippen LogP contribution < -0.4 is 15.4 Å². The summed E-state index contributed by atoms with van der Waals surface area (Å²) in [5.74, 6) is 0.886. The summed E-state index contributed by atoms with van der Waals surface area (Å²) in [4.78, 5) is 11.4. The molecule has 1 aliphatic carbocycles. The van der Waals surface area contributed by atoms with E-state index in [1.807, 2.05) is 6.07 Å². The number of nitrogens with one attached hydrogen (secondary N) is 2. The van der Waals surface area contributed by atoms with E-state index in [1.165, 1.54) is 30.4 Å². The fourth-order valence-electron chi connectivity index (χ4n) is 2.46. The lowest BCUT2D eigenvalue weighted by Crippen LogP contribution is -2.39. The van der Waals surface area contributed by atoms with Crippen LogP contribution in [0.2, 0.25) is 0 Å². The van der Waals surface area contributed by atoms with Crippen LogP contribution in [0.25, 0.3) is 0 Å². The molecule has 0 radical (unpaired) electrons. The topological polar surface area (TPSA) is 59.6 Å². The molecule has 5 heteroatoms. The van der Waals surface area contributed by atoms with Gasteiger partial charge < -0.3 is 20.1 Å². The number of ether oxygens (including phenoxy) is 2. The van der Waals surface area contributed by atoms with Crippen molar-refractivity contribution < 1.29 is 14.3 Å². The Morgan fingerprint density at radius 1 is 1.10 bits per heavy atom. The summed E-state index contributed by atoms with van der Waals surface area (Å²) >= 11 is 0. The second-order valence-corrected chi connectivity index (χ2v) is 5.16. The van der Waals surface area contributed by atoms with Crippen LogP contribution in [0.3, 0.4) is 0 Å². The summed E-state index contributed by atoms with van der Waals surface area (Å²) in [5.41, 5.74) is 2.85. The molecule has 0 aromatic heterocycles. The largest absolute Gasteiger partial charge is 0.492 e. The molecule has 0 saturated heterocycles. The van der Waals surface area contributed by atoms with Gasteiger partial charge in [0.05, 0.1) is 13.2 Å². The van der Waals surface area contributed by atoms with Gasteiger partial charge in [-0.25, -0.2) is 4.79 Å². The summed E-state index contributed by atoms with van der Waals surface area (Å²) in [6, 6.07) is 6.12. The van der Waals surface area contributed by atoms with Gasteiger partial charge in [-0.05, 0) is 48.9 Å². The summed E-state index contributed by atoms with van der Waals surface area (Å²) in [5, 5.41) is 5.44. The second-order valence-electron chi connectivity index (χ2n) is 5.16. The van der Waals surface area contributed by atoms with E-state index in [2.05, 4.69) is 22.8 Å². The molecule has 5 nitrogen and oxygen atoms in total. The number of carbonyl (C=O) groups is 1. The molecule has 21 heavy (non-hydrogen) atoms. The van der Waals surface area contributed by atoms with Gasteiger partial charge in [0, 0.05) is 13.7 Å². The maximum atomic E-state index is 11.4. The second kappa shape index (κ2) is 8.52. The molecule has 0 saturated carbocycles. The minimum atomic E-state index is -0.193. The van der Waals surface area contributed by atoms with Crippen molar-refractivity contribution in [2.24, 2.45) is 0 Å². The van der Waals surface area contributed by atoms with Gasteiger partial charge in [-0.2, -0.15) is 0 Å². The maximum Gasteiger partial charge on any atom is 0.314 e. The van der Waals surface area contributed by atoms with Crippen LogP contribution in [0, 0.1) is 0 Å². The van der Waals surface area contributed by atoms with E-state index in [0.29, 0.717) is 26.3 Å². The average molecular weight is 292 g/mol. The molecule has 0 unspecified atom stereocenters. The van der Waals surface area contributed by atoms with Gasteiger partial charge in [-0.3, -0.25) is 0 Å². The van der Waals surface area contributed by atoms with Crippen LogP contribution in [0.4, 0.5) is 4.79 Å². The molecule has 1 aliphatic rings. The fraction of sp³-hybridized carbons (Fsp3) is 0.562. The van der Waals surface area contributed by atoms with Crippen molar-refractivity contribution in [1.29, 1.82) is 0 Å². The summed E-state index contributed by atoms with van der Waals surface area (Å²) in [6.07, 6.45) is 4.88. The first-order chi connectivity index (χ1) is 10.3. The Morgan fingerprint density at radius 3 is 2.57 bits per heavy atom. The van der Waals surface area contributed by atoms with E-state index in [4.69, 9.17) is 9.47 Å². The van der Waals surface area contributed by atoms with Gasteiger partial charge in [0.2, 0.25) is 0 Å². The first-order valence-corrected chi connectivity index (χ1v) is 7.55. The molecule has 1 aromatic rings. The van der Waals surface area contributed by atoms with Crippen molar-refractivity contribution in [3.05, 3.63) is 29.3 Å². The highest BCUT2D eigenvalue weighted by Crippen LogP contribution is 2.25. The number of fused-ring (bicyclic) bond motifs is 1. The molecule has 1 aromatic carbocycles. The van der Waals surface area contributed by atoms with Crippen molar-refractivity contribution in [1.82, 2.24) is 10.6 Å². The Labute approximate surface area is 126 Å². The van der Waals surface area contributed by atoms with Crippen molar-refractivity contribution >= 4 is 6.03 Å². The van der Waals surface area contributed by atoms with Crippen LogP contribution in [0.15, 0.2) is 18.2 Å². The number of carbonyl (C=O) groups excluding carboxylic acids is 1. The molecule has 2 amide bonds. The lowest BCUT2D eigenvalue weighted by molar-refractivity contribution is 0.195. The number of rotatable bonds is 7. The van der Waals surface area contributed by atoms with Gasteiger partial charge in [0.15, 0.2) is 0 Å².